The fourth-order valence-corrected chi connectivity index (χ4v) is 1.90. The van der Waals surface area contributed by atoms with Gasteiger partial charge in [-0.1, -0.05) is 28.1 Å². The predicted octanol–water partition coefficient (Wildman–Crippen LogP) is 4.56. The Labute approximate surface area is 118 Å². The van der Waals surface area contributed by atoms with Crippen molar-refractivity contribution in [2.24, 2.45) is 5.10 Å². The van der Waals surface area contributed by atoms with Crippen LogP contribution in [0.3, 0.4) is 0 Å². The van der Waals surface area contributed by atoms with Crippen LogP contribution in [0.1, 0.15) is 12.5 Å². The standard InChI is InChI=1S/C14H11BrF2N2/c1-9(10-3-2-4-11(15)7-10)18-19-14-6-5-12(16)8-13(14)17/h2-8,19H,1H3/b18-9+. The molecule has 0 heterocycles. The van der Waals surface area contributed by atoms with E-state index in [0.717, 1.165) is 16.1 Å². The molecule has 0 saturated carbocycles. The monoisotopic (exact) mass is 324 g/mol. The van der Waals surface area contributed by atoms with Crippen LogP contribution in [0.25, 0.3) is 0 Å². The number of rotatable bonds is 3. The van der Waals surface area contributed by atoms with Gasteiger partial charge in [-0.3, -0.25) is 5.43 Å². The molecule has 2 nitrogen and oxygen atoms in total. The molecule has 0 atom stereocenters. The van der Waals surface area contributed by atoms with Gasteiger partial charge in [-0.05, 0) is 36.8 Å². The highest BCUT2D eigenvalue weighted by molar-refractivity contribution is 9.10. The van der Waals surface area contributed by atoms with Gasteiger partial charge in [-0.15, -0.1) is 0 Å². The SMILES string of the molecule is C/C(=N\Nc1ccc(F)cc1F)c1cccc(Br)c1. The molecule has 0 saturated heterocycles. The number of nitrogens with zero attached hydrogens (tertiary/aromatic N) is 1. The van der Waals surface area contributed by atoms with E-state index in [9.17, 15) is 8.78 Å². The van der Waals surface area contributed by atoms with E-state index in [4.69, 9.17) is 0 Å². The Hall–Kier alpha value is -1.75. The van der Waals surface area contributed by atoms with Gasteiger partial charge in [-0.2, -0.15) is 5.10 Å². The second kappa shape index (κ2) is 5.93. The Kier molecular flexibility index (Phi) is 4.27. The van der Waals surface area contributed by atoms with Crippen LogP contribution >= 0.6 is 15.9 Å². The van der Waals surface area contributed by atoms with Crippen LogP contribution in [0, 0.1) is 11.6 Å². The van der Waals surface area contributed by atoms with Gasteiger partial charge >= 0.3 is 0 Å². The summed E-state index contributed by atoms with van der Waals surface area (Å²) in [5, 5.41) is 4.08. The lowest BCUT2D eigenvalue weighted by atomic mass is 10.1. The van der Waals surface area contributed by atoms with Crippen LogP contribution in [-0.4, -0.2) is 5.71 Å². The maximum Gasteiger partial charge on any atom is 0.151 e. The van der Waals surface area contributed by atoms with Crippen molar-refractivity contribution in [3.63, 3.8) is 0 Å². The summed E-state index contributed by atoms with van der Waals surface area (Å²) < 4.78 is 27.1. The van der Waals surface area contributed by atoms with Gasteiger partial charge in [0.1, 0.15) is 5.82 Å². The number of hydrazone groups is 1. The molecule has 5 heteroatoms. The van der Waals surface area contributed by atoms with E-state index in [1.54, 1.807) is 6.92 Å². The average molecular weight is 325 g/mol. The predicted molar refractivity (Wildman–Crippen MR) is 76.3 cm³/mol. The fourth-order valence-electron chi connectivity index (χ4n) is 1.50. The van der Waals surface area contributed by atoms with Gasteiger partial charge in [0, 0.05) is 10.5 Å². The van der Waals surface area contributed by atoms with Crippen LogP contribution < -0.4 is 5.43 Å². The van der Waals surface area contributed by atoms with Gasteiger partial charge in [-0.25, -0.2) is 8.78 Å². The Morgan fingerprint density at radius 1 is 1.16 bits per heavy atom. The Bertz CT molecular complexity index is 627. The van der Waals surface area contributed by atoms with Gasteiger partial charge < -0.3 is 0 Å². The summed E-state index contributed by atoms with van der Waals surface area (Å²) >= 11 is 3.37. The van der Waals surface area contributed by atoms with Crippen molar-refractivity contribution in [1.82, 2.24) is 0 Å². The maximum atomic E-state index is 13.4. The molecular formula is C14H11BrF2N2. The van der Waals surface area contributed by atoms with Crippen molar-refractivity contribution < 1.29 is 8.78 Å². The number of hydrogen-bond donors (Lipinski definition) is 1. The molecule has 0 aromatic heterocycles. The first kappa shape index (κ1) is 13.7. The molecule has 19 heavy (non-hydrogen) atoms. The van der Waals surface area contributed by atoms with Crippen LogP contribution in [0.4, 0.5) is 14.5 Å². The lowest BCUT2D eigenvalue weighted by Crippen LogP contribution is -2.01. The van der Waals surface area contributed by atoms with Gasteiger partial charge in [0.15, 0.2) is 5.82 Å². The molecule has 2 aromatic rings. The highest BCUT2D eigenvalue weighted by atomic mass is 79.9. The smallest absolute Gasteiger partial charge is 0.151 e. The van der Waals surface area contributed by atoms with Gasteiger partial charge in [0.2, 0.25) is 0 Å². The third-order valence-corrected chi connectivity index (χ3v) is 3.01. The zero-order valence-corrected chi connectivity index (χ0v) is 11.7. The van der Waals surface area contributed by atoms with E-state index >= 15 is 0 Å². The van der Waals surface area contributed by atoms with E-state index in [1.807, 2.05) is 24.3 Å². The molecule has 0 aliphatic rings. The summed E-state index contributed by atoms with van der Waals surface area (Å²) in [5.74, 6) is -1.29. The minimum absolute atomic E-state index is 0.135. The highest BCUT2D eigenvalue weighted by Gasteiger charge is 2.03. The average Bonchev–Trinajstić information content (AvgIpc) is 2.37. The number of benzene rings is 2. The number of halogens is 3. The minimum Gasteiger partial charge on any atom is -0.275 e. The van der Waals surface area contributed by atoms with Crippen LogP contribution in [-0.2, 0) is 0 Å². The quantitative estimate of drug-likeness (QED) is 0.649. The zero-order chi connectivity index (χ0) is 13.8. The molecule has 2 aromatic carbocycles. The van der Waals surface area contributed by atoms with Crippen molar-refractivity contribution in [3.8, 4) is 0 Å². The second-order valence-electron chi connectivity index (χ2n) is 3.94. The van der Waals surface area contributed by atoms with E-state index < -0.39 is 11.6 Å². The molecular weight excluding hydrogens is 314 g/mol. The lowest BCUT2D eigenvalue weighted by Gasteiger charge is -2.05. The lowest BCUT2D eigenvalue weighted by molar-refractivity contribution is 0.585. The molecule has 0 radical (unpaired) electrons. The van der Waals surface area contributed by atoms with Crippen molar-refractivity contribution >= 4 is 27.3 Å². The van der Waals surface area contributed by atoms with Crippen molar-refractivity contribution in [3.05, 3.63) is 64.1 Å². The molecule has 0 unspecified atom stereocenters. The fraction of sp³-hybridized carbons (Fsp3) is 0.0714. The van der Waals surface area contributed by atoms with E-state index in [-0.39, 0.29) is 5.69 Å². The van der Waals surface area contributed by atoms with Crippen LogP contribution in [0.15, 0.2) is 52.0 Å². The first-order valence-corrected chi connectivity index (χ1v) is 6.37. The van der Waals surface area contributed by atoms with Crippen LogP contribution in [0.2, 0.25) is 0 Å². The normalized spacial score (nSPS) is 11.5. The summed E-state index contributed by atoms with van der Waals surface area (Å²) in [6, 6.07) is 10.9. The Balaban J connectivity index is 2.18. The minimum atomic E-state index is -0.675. The highest BCUT2D eigenvalue weighted by Crippen LogP contribution is 2.16. The third kappa shape index (κ3) is 3.61. The molecule has 0 aliphatic heterocycles. The molecule has 98 valence electrons. The summed E-state index contributed by atoms with van der Waals surface area (Å²) in [6.45, 7) is 1.80. The van der Waals surface area contributed by atoms with Crippen LogP contribution in [0.5, 0.6) is 0 Å². The number of hydrogen-bond acceptors (Lipinski definition) is 2. The summed E-state index contributed by atoms with van der Waals surface area (Å²) in [4.78, 5) is 0. The van der Waals surface area contributed by atoms with E-state index in [1.165, 1.54) is 12.1 Å². The molecule has 0 spiro atoms. The molecule has 0 amide bonds. The molecule has 0 fully saturated rings. The van der Waals surface area contributed by atoms with Crippen molar-refractivity contribution in [2.75, 3.05) is 5.43 Å². The summed E-state index contributed by atoms with van der Waals surface area (Å²) in [6.07, 6.45) is 0. The molecule has 2 rings (SSSR count). The second-order valence-corrected chi connectivity index (χ2v) is 4.86. The molecule has 0 bridgehead atoms. The molecule has 0 aliphatic carbocycles. The van der Waals surface area contributed by atoms with E-state index in [2.05, 4.69) is 26.5 Å². The Morgan fingerprint density at radius 2 is 1.95 bits per heavy atom. The Morgan fingerprint density at radius 3 is 2.63 bits per heavy atom. The number of anilines is 1. The van der Waals surface area contributed by atoms with Crippen molar-refractivity contribution in [2.45, 2.75) is 6.92 Å². The van der Waals surface area contributed by atoms with Gasteiger partial charge in [0.05, 0.1) is 11.4 Å². The zero-order valence-electron chi connectivity index (χ0n) is 10.1. The van der Waals surface area contributed by atoms with Gasteiger partial charge in [0.25, 0.3) is 0 Å². The molecule has 1 N–H and O–H groups in total. The van der Waals surface area contributed by atoms with E-state index in [0.29, 0.717) is 5.71 Å². The first-order chi connectivity index (χ1) is 9.06. The maximum absolute atomic E-state index is 13.4. The van der Waals surface area contributed by atoms with Crippen molar-refractivity contribution in [1.29, 1.82) is 0 Å². The number of nitrogens with one attached hydrogen (secondary N) is 1. The summed E-state index contributed by atoms with van der Waals surface area (Å²) in [5.41, 5.74) is 4.33. The largest absolute Gasteiger partial charge is 0.275 e. The summed E-state index contributed by atoms with van der Waals surface area (Å²) in [7, 11) is 0. The topological polar surface area (TPSA) is 24.4 Å². The third-order valence-electron chi connectivity index (χ3n) is 2.52. The first-order valence-electron chi connectivity index (χ1n) is 5.57.